The second kappa shape index (κ2) is 12.5. The fourth-order valence-corrected chi connectivity index (χ4v) is 7.73. The molecule has 0 aliphatic carbocycles. The summed E-state index contributed by atoms with van der Waals surface area (Å²) in [6, 6.07) is 71.5. The molecule has 0 aliphatic rings. The highest BCUT2D eigenvalue weighted by Crippen LogP contribution is 2.49. The Morgan fingerprint density at radius 1 is 0.308 bits per heavy atom. The van der Waals surface area contributed by atoms with Crippen molar-refractivity contribution in [2.24, 2.45) is 0 Å². The first kappa shape index (κ1) is 30.0. The Hall–Kier alpha value is -6.90. The van der Waals surface area contributed by atoms with Gasteiger partial charge in [-0.3, -0.25) is 0 Å². The van der Waals surface area contributed by atoms with Gasteiger partial charge in [-0.05, 0) is 80.4 Å². The van der Waals surface area contributed by atoms with Crippen LogP contribution >= 0.6 is 0 Å². The van der Waals surface area contributed by atoms with Gasteiger partial charge in [0.2, 0.25) is 0 Å². The molecule has 0 fully saturated rings. The smallest absolute Gasteiger partial charge is 0.160 e. The molecule has 2 nitrogen and oxygen atoms in total. The number of furan rings is 1. The van der Waals surface area contributed by atoms with Crippen LogP contribution in [0.4, 0.5) is 17.1 Å². The van der Waals surface area contributed by atoms with E-state index in [1.165, 1.54) is 38.4 Å². The molecule has 9 aromatic carbocycles. The molecule has 0 N–H and O–H groups in total. The predicted molar refractivity (Wildman–Crippen MR) is 220 cm³/mol. The van der Waals surface area contributed by atoms with Gasteiger partial charge in [0.1, 0.15) is 5.58 Å². The Bertz CT molecular complexity index is 2870. The minimum Gasteiger partial charge on any atom is -0.453 e. The van der Waals surface area contributed by atoms with Crippen molar-refractivity contribution in [2.75, 3.05) is 4.90 Å². The lowest BCUT2D eigenvalue weighted by Crippen LogP contribution is -2.11. The number of hydrogen-bond acceptors (Lipinski definition) is 2. The average molecular weight is 664 g/mol. The van der Waals surface area contributed by atoms with Crippen molar-refractivity contribution >= 4 is 60.5 Å². The van der Waals surface area contributed by atoms with Crippen LogP contribution in [0, 0.1) is 0 Å². The maximum Gasteiger partial charge on any atom is 0.160 e. The molecule has 1 aromatic heterocycles. The van der Waals surface area contributed by atoms with Crippen LogP contribution in [0.25, 0.3) is 76.9 Å². The molecule has 10 aromatic rings. The van der Waals surface area contributed by atoms with E-state index < -0.39 is 0 Å². The van der Waals surface area contributed by atoms with Gasteiger partial charge in [0, 0.05) is 33.1 Å². The monoisotopic (exact) mass is 663 g/mol. The van der Waals surface area contributed by atoms with Crippen molar-refractivity contribution in [1.29, 1.82) is 0 Å². The lowest BCUT2D eigenvalue weighted by molar-refractivity contribution is 0.673. The summed E-state index contributed by atoms with van der Waals surface area (Å²) in [5.74, 6) is 0. The fraction of sp³-hybridized carbons (Fsp3) is 0. The van der Waals surface area contributed by atoms with Crippen LogP contribution in [-0.4, -0.2) is 0 Å². The van der Waals surface area contributed by atoms with Gasteiger partial charge < -0.3 is 9.32 Å². The zero-order valence-electron chi connectivity index (χ0n) is 28.4. The van der Waals surface area contributed by atoms with Crippen LogP contribution in [0.3, 0.4) is 0 Å². The highest BCUT2D eigenvalue weighted by molar-refractivity contribution is 6.22. The van der Waals surface area contributed by atoms with E-state index in [9.17, 15) is 0 Å². The summed E-state index contributed by atoms with van der Waals surface area (Å²) in [7, 11) is 0. The third-order valence-electron chi connectivity index (χ3n) is 10.2. The zero-order valence-corrected chi connectivity index (χ0v) is 28.4. The third kappa shape index (κ3) is 5.04. The van der Waals surface area contributed by atoms with Gasteiger partial charge in [0.15, 0.2) is 5.58 Å². The molecule has 52 heavy (non-hydrogen) atoms. The largest absolute Gasteiger partial charge is 0.453 e. The molecule has 0 aliphatic heterocycles. The van der Waals surface area contributed by atoms with Crippen molar-refractivity contribution < 1.29 is 4.42 Å². The maximum atomic E-state index is 7.21. The second-order valence-electron chi connectivity index (χ2n) is 13.3. The van der Waals surface area contributed by atoms with E-state index in [1.54, 1.807) is 0 Å². The van der Waals surface area contributed by atoms with E-state index in [0.29, 0.717) is 0 Å². The summed E-state index contributed by atoms with van der Waals surface area (Å²) in [5, 5.41) is 6.85. The van der Waals surface area contributed by atoms with Crippen LogP contribution in [0.2, 0.25) is 0 Å². The molecular formula is C50H33NO. The van der Waals surface area contributed by atoms with Crippen LogP contribution in [0.15, 0.2) is 205 Å². The molecule has 0 spiro atoms. The second-order valence-corrected chi connectivity index (χ2v) is 13.3. The molecule has 0 atom stereocenters. The van der Waals surface area contributed by atoms with Gasteiger partial charge in [0.05, 0.1) is 5.69 Å². The van der Waals surface area contributed by atoms with Crippen molar-refractivity contribution in [3.8, 4) is 33.4 Å². The summed E-state index contributed by atoms with van der Waals surface area (Å²) in [6.45, 7) is 0. The molecule has 0 radical (unpaired) electrons. The van der Waals surface area contributed by atoms with E-state index >= 15 is 0 Å². The SMILES string of the molecule is c1ccc(-c2ccc(N(c3ccc4ccccc4c3)c3c(-c4ccccc4)ccc4c3oc3c5ccccc5c(-c5ccccc5)cc43)cc2)cc1. The fourth-order valence-electron chi connectivity index (χ4n) is 7.73. The molecule has 0 unspecified atom stereocenters. The summed E-state index contributed by atoms with van der Waals surface area (Å²) in [5.41, 5.74) is 11.8. The van der Waals surface area contributed by atoms with E-state index in [1.807, 2.05) is 0 Å². The number of nitrogens with zero attached hydrogens (tertiary/aromatic N) is 1. The Morgan fingerprint density at radius 2 is 0.846 bits per heavy atom. The number of hydrogen-bond donors (Lipinski definition) is 0. The summed E-state index contributed by atoms with van der Waals surface area (Å²) in [4.78, 5) is 2.38. The molecule has 10 rings (SSSR count). The van der Waals surface area contributed by atoms with E-state index in [0.717, 1.165) is 55.5 Å². The van der Waals surface area contributed by atoms with Crippen molar-refractivity contribution in [3.63, 3.8) is 0 Å². The van der Waals surface area contributed by atoms with Gasteiger partial charge in [-0.25, -0.2) is 0 Å². The van der Waals surface area contributed by atoms with Crippen molar-refractivity contribution in [1.82, 2.24) is 0 Å². The standard InChI is InChI=1S/C50H33NO/c1-4-14-34(15-5-1)36-24-27-40(28-25-36)51(41-29-26-35-16-10-11-21-39(35)32-41)48-42(37-17-6-2-7-18-37)30-31-45-47-33-46(38-19-8-3-9-20-38)43-22-12-13-23-44(43)49(47)52-50(45)48/h1-33H. The zero-order chi connectivity index (χ0) is 34.4. The molecule has 1 heterocycles. The summed E-state index contributed by atoms with van der Waals surface area (Å²) >= 11 is 0. The predicted octanol–water partition coefficient (Wildman–Crippen LogP) is 14.4. The van der Waals surface area contributed by atoms with Gasteiger partial charge in [0.25, 0.3) is 0 Å². The summed E-state index contributed by atoms with van der Waals surface area (Å²) < 4.78 is 7.21. The van der Waals surface area contributed by atoms with E-state index in [4.69, 9.17) is 4.42 Å². The highest BCUT2D eigenvalue weighted by Gasteiger charge is 2.25. The Balaban J connectivity index is 1.30. The molecule has 0 saturated heterocycles. The lowest BCUT2D eigenvalue weighted by atomic mass is 9.94. The number of benzene rings is 9. The third-order valence-corrected chi connectivity index (χ3v) is 10.2. The molecular weight excluding hydrogens is 631 g/mol. The molecule has 2 heteroatoms. The van der Waals surface area contributed by atoms with Crippen molar-refractivity contribution in [2.45, 2.75) is 0 Å². The topological polar surface area (TPSA) is 16.4 Å². The van der Waals surface area contributed by atoms with E-state index in [2.05, 4.69) is 205 Å². The number of anilines is 3. The number of fused-ring (bicyclic) bond motifs is 6. The number of rotatable bonds is 6. The van der Waals surface area contributed by atoms with Crippen molar-refractivity contribution in [3.05, 3.63) is 200 Å². The Kier molecular flexibility index (Phi) is 7.18. The molecule has 0 saturated carbocycles. The van der Waals surface area contributed by atoms with Gasteiger partial charge >= 0.3 is 0 Å². The quantitative estimate of drug-likeness (QED) is 0.176. The lowest BCUT2D eigenvalue weighted by Gasteiger charge is -2.28. The minimum absolute atomic E-state index is 0.854. The van der Waals surface area contributed by atoms with Crippen LogP contribution in [-0.2, 0) is 0 Å². The van der Waals surface area contributed by atoms with Gasteiger partial charge in [-0.2, -0.15) is 0 Å². The van der Waals surface area contributed by atoms with E-state index in [-0.39, 0.29) is 0 Å². The molecule has 244 valence electrons. The molecule has 0 amide bonds. The minimum atomic E-state index is 0.854. The van der Waals surface area contributed by atoms with Gasteiger partial charge in [-0.15, -0.1) is 0 Å². The summed E-state index contributed by atoms with van der Waals surface area (Å²) in [6.07, 6.45) is 0. The Morgan fingerprint density at radius 3 is 1.56 bits per heavy atom. The maximum absolute atomic E-state index is 7.21. The van der Waals surface area contributed by atoms with Crippen LogP contribution < -0.4 is 4.90 Å². The first-order valence-corrected chi connectivity index (χ1v) is 17.8. The first-order valence-electron chi connectivity index (χ1n) is 17.8. The van der Waals surface area contributed by atoms with Crippen LogP contribution in [0.1, 0.15) is 0 Å². The molecule has 0 bridgehead atoms. The highest BCUT2D eigenvalue weighted by atomic mass is 16.3. The first-order chi connectivity index (χ1) is 25.8. The van der Waals surface area contributed by atoms with Crippen LogP contribution in [0.5, 0.6) is 0 Å². The average Bonchev–Trinajstić information content (AvgIpc) is 3.61. The Labute approximate surface area is 302 Å². The normalized spacial score (nSPS) is 11.5. The van der Waals surface area contributed by atoms with Gasteiger partial charge in [-0.1, -0.05) is 164 Å².